The first-order chi connectivity index (χ1) is 7.75. The molecule has 2 rings (SSSR count). The van der Waals surface area contributed by atoms with Crippen LogP contribution < -0.4 is 0 Å². The molecule has 3 heteroatoms. The normalized spacial score (nSPS) is 24.7. The van der Waals surface area contributed by atoms with E-state index in [0.29, 0.717) is 12.2 Å². The molecule has 0 spiro atoms. The summed E-state index contributed by atoms with van der Waals surface area (Å²) in [5.74, 6) is 0.205. The number of amides is 1. The van der Waals surface area contributed by atoms with Crippen molar-refractivity contribution in [2.75, 3.05) is 13.1 Å². The number of ether oxygens (including phenoxy) is 1. The van der Waals surface area contributed by atoms with Crippen molar-refractivity contribution in [2.45, 2.75) is 64.1 Å². The molecule has 1 saturated carbocycles. The molecule has 1 heterocycles. The van der Waals surface area contributed by atoms with Crippen LogP contribution in [0, 0.1) is 0 Å². The molecule has 0 aromatic carbocycles. The summed E-state index contributed by atoms with van der Waals surface area (Å²) in [7, 11) is 0. The molecule has 2 fully saturated rings. The first-order valence-corrected chi connectivity index (χ1v) is 6.66. The van der Waals surface area contributed by atoms with E-state index < -0.39 is 0 Å². The summed E-state index contributed by atoms with van der Waals surface area (Å²) in [6, 6.07) is 0. The van der Waals surface area contributed by atoms with Crippen LogP contribution in [0.2, 0.25) is 0 Å². The van der Waals surface area contributed by atoms with Crippen molar-refractivity contribution in [1.29, 1.82) is 0 Å². The number of likely N-dealkylation sites (tertiary alicyclic amines) is 1. The number of piperidine rings is 1. The van der Waals surface area contributed by atoms with Gasteiger partial charge in [-0.15, -0.1) is 0 Å². The van der Waals surface area contributed by atoms with E-state index in [-0.39, 0.29) is 5.91 Å². The molecule has 1 saturated heterocycles. The van der Waals surface area contributed by atoms with Crippen LogP contribution in [0.3, 0.4) is 0 Å². The average Bonchev–Trinajstić information content (AvgIpc) is 2.31. The lowest BCUT2D eigenvalue weighted by molar-refractivity contribution is -0.132. The van der Waals surface area contributed by atoms with E-state index in [2.05, 4.69) is 0 Å². The quantitative estimate of drug-likeness (QED) is 0.722. The highest BCUT2D eigenvalue weighted by atomic mass is 16.5. The van der Waals surface area contributed by atoms with Crippen molar-refractivity contribution in [3.63, 3.8) is 0 Å². The fraction of sp³-hybridized carbons (Fsp3) is 0.923. The maximum Gasteiger partial charge on any atom is 0.219 e. The molecule has 92 valence electrons. The number of carbonyl (C=O) groups excluding carboxylic acids is 1. The summed E-state index contributed by atoms with van der Waals surface area (Å²) < 4.78 is 6.12. The van der Waals surface area contributed by atoms with Gasteiger partial charge in [-0.2, -0.15) is 0 Å². The number of hydrogen-bond donors (Lipinski definition) is 0. The second-order valence-electron chi connectivity index (χ2n) is 5.10. The standard InChI is InChI=1S/C13H23NO2/c1-11(15)14-9-7-13(8-10-14)16-12-5-3-2-4-6-12/h12-13H,2-10H2,1H3. The maximum absolute atomic E-state index is 11.2. The topological polar surface area (TPSA) is 29.5 Å². The van der Waals surface area contributed by atoms with Gasteiger partial charge in [0.2, 0.25) is 5.91 Å². The van der Waals surface area contributed by atoms with Crippen LogP contribution in [0.15, 0.2) is 0 Å². The Kier molecular flexibility index (Phi) is 4.22. The van der Waals surface area contributed by atoms with Gasteiger partial charge in [-0.3, -0.25) is 4.79 Å². The Morgan fingerprint density at radius 1 is 1.00 bits per heavy atom. The molecule has 0 unspecified atom stereocenters. The predicted octanol–water partition coefficient (Wildman–Crippen LogP) is 2.35. The van der Waals surface area contributed by atoms with E-state index in [0.717, 1.165) is 25.9 Å². The van der Waals surface area contributed by atoms with Crippen LogP contribution in [-0.2, 0) is 9.53 Å². The van der Waals surface area contributed by atoms with E-state index in [1.165, 1.54) is 32.1 Å². The van der Waals surface area contributed by atoms with Crippen LogP contribution in [0.25, 0.3) is 0 Å². The van der Waals surface area contributed by atoms with Crippen molar-refractivity contribution in [3.8, 4) is 0 Å². The van der Waals surface area contributed by atoms with Gasteiger partial charge in [0, 0.05) is 20.0 Å². The average molecular weight is 225 g/mol. The lowest BCUT2D eigenvalue weighted by Gasteiger charge is -2.34. The zero-order chi connectivity index (χ0) is 11.4. The Labute approximate surface area is 98.1 Å². The second-order valence-corrected chi connectivity index (χ2v) is 5.10. The molecule has 0 N–H and O–H groups in total. The third-order valence-electron chi connectivity index (χ3n) is 3.82. The molecular formula is C13H23NO2. The fourth-order valence-corrected chi connectivity index (χ4v) is 2.78. The fourth-order valence-electron chi connectivity index (χ4n) is 2.78. The highest BCUT2D eigenvalue weighted by Crippen LogP contribution is 2.24. The molecule has 0 atom stereocenters. The van der Waals surface area contributed by atoms with Crippen molar-refractivity contribution in [2.24, 2.45) is 0 Å². The Morgan fingerprint density at radius 2 is 1.56 bits per heavy atom. The Hall–Kier alpha value is -0.570. The summed E-state index contributed by atoms with van der Waals surface area (Å²) in [4.78, 5) is 13.1. The Balaban J connectivity index is 1.70. The van der Waals surface area contributed by atoms with Gasteiger partial charge in [0.25, 0.3) is 0 Å². The van der Waals surface area contributed by atoms with Crippen LogP contribution in [-0.4, -0.2) is 36.1 Å². The smallest absolute Gasteiger partial charge is 0.219 e. The third-order valence-corrected chi connectivity index (χ3v) is 3.82. The van der Waals surface area contributed by atoms with E-state index >= 15 is 0 Å². The molecule has 2 aliphatic rings. The predicted molar refractivity (Wildman–Crippen MR) is 63.2 cm³/mol. The second kappa shape index (κ2) is 5.67. The molecule has 1 aliphatic carbocycles. The first-order valence-electron chi connectivity index (χ1n) is 6.66. The monoisotopic (exact) mass is 225 g/mol. The van der Waals surface area contributed by atoms with Gasteiger partial charge in [-0.25, -0.2) is 0 Å². The van der Waals surface area contributed by atoms with Gasteiger partial charge in [0.05, 0.1) is 12.2 Å². The van der Waals surface area contributed by atoms with Crippen LogP contribution in [0.4, 0.5) is 0 Å². The molecule has 0 aromatic rings. The molecule has 16 heavy (non-hydrogen) atoms. The van der Waals surface area contributed by atoms with Gasteiger partial charge in [-0.05, 0) is 25.7 Å². The molecular weight excluding hydrogens is 202 g/mol. The highest BCUT2D eigenvalue weighted by molar-refractivity contribution is 5.73. The van der Waals surface area contributed by atoms with Crippen LogP contribution in [0.1, 0.15) is 51.9 Å². The van der Waals surface area contributed by atoms with Gasteiger partial charge in [-0.1, -0.05) is 19.3 Å². The van der Waals surface area contributed by atoms with Crippen molar-refractivity contribution < 1.29 is 9.53 Å². The van der Waals surface area contributed by atoms with E-state index in [1.54, 1.807) is 6.92 Å². The van der Waals surface area contributed by atoms with Crippen LogP contribution >= 0.6 is 0 Å². The van der Waals surface area contributed by atoms with Gasteiger partial charge < -0.3 is 9.64 Å². The minimum atomic E-state index is 0.205. The minimum Gasteiger partial charge on any atom is -0.375 e. The third kappa shape index (κ3) is 3.21. The van der Waals surface area contributed by atoms with Crippen LogP contribution in [0.5, 0.6) is 0 Å². The van der Waals surface area contributed by atoms with E-state index in [9.17, 15) is 4.79 Å². The number of carbonyl (C=O) groups is 1. The zero-order valence-corrected chi connectivity index (χ0v) is 10.3. The minimum absolute atomic E-state index is 0.205. The lowest BCUT2D eigenvalue weighted by atomic mass is 9.97. The van der Waals surface area contributed by atoms with Crippen molar-refractivity contribution in [3.05, 3.63) is 0 Å². The summed E-state index contributed by atoms with van der Waals surface area (Å²) >= 11 is 0. The SMILES string of the molecule is CC(=O)N1CCC(OC2CCCCC2)CC1. The molecule has 0 bridgehead atoms. The largest absolute Gasteiger partial charge is 0.375 e. The molecule has 1 amide bonds. The first kappa shape index (κ1) is 11.9. The molecule has 1 aliphatic heterocycles. The summed E-state index contributed by atoms with van der Waals surface area (Å²) in [5, 5.41) is 0. The lowest BCUT2D eigenvalue weighted by Crippen LogP contribution is -2.41. The molecule has 0 aromatic heterocycles. The van der Waals surface area contributed by atoms with Crippen molar-refractivity contribution >= 4 is 5.91 Å². The highest BCUT2D eigenvalue weighted by Gasteiger charge is 2.24. The number of rotatable bonds is 2. The maximum atomic E-state index is 11.2. The van der Waals surface area contributed by atoms with E-state index in [4.69, 9.17) is 4.74 Å². The number of nitrogens with zero attached hydrogens (tertiary/aromatic N) is 1. The summed E-state index contributed by atoms with van der Waals surface area (Å²) in [6.07, 6.45) is 9.48. The zero-order valence-electron chi connectivity index (χ0n) is 10.3. The Bertz CT molecular complexity index is 228. The molecule has 0 radical (unpaired) electrons. The van der Waals surface area contributed by atoms with Gasteiger partial charge in [0.15, 0.2) is 0 Å². The number of hydrogen-bond acceptors (Lipinski definition) is 2. The van der Waals surface area contributed by atoms with Gasteiger partial charge in [0.1, 0.15) is 0 Å². The summed E-state index contributed by atoms with van der Waals surface area (Å²) in [5.41, 5.74) is 0. The van der Waals surface area contributed by atoms with Gasteiger partial charge >= 0.3 is 0 Å². The van der Waals surface area contributed by atoms with Crippen molar-refractivity contribution in [1.82, 2.24) is 4.90 Å². The van der Waals surface area contributed by atoms with E-state index in [1.807, 2.05) is 4.90 Å². The summed E-state index contributed by atoms with van der Waals surface area (Å²) in [6.45, 7) is 3.42. The molecule has 3 nitrogen and oxygen atoms in total. The Morgan fingerprint density at radius 3 is 2.12 bits per heavy atom.